The van der Waals surface area contributed by atoms with Crippen LogP contribution in [0.3, 0.4) is 0 Å². The van der Waals surface area contributed by atoms with Gasteiger partial charge in [0.25, 0.3) is 0 Å². The first-order valence-electron chi connectivity index (χ1n) is 6.85. The largest absolute Gasteiger partial charge is 0.513 e. The van der Waals surface area contributed by atoms with Crippen molar-refractivity contribution in [2.45, 2.75) is 20.5 Å². The molecule has 0 fully saturated rings. The van der Waals surface area contributed by atoms with E-state index in [4.69, 9.17) is 21.1 Å². The molecule has 0 atom stereocenters. The van der Waals surface area contributed by atoms with Gasteiger partial charge in [-0.2, -0.15) is 0 Å². The average Bonchev–Trinajstić information content (AvgIpc) is 2.51. The lowest BCUT2D eigenvalue weighted by Gasteiger charge is -2.14. The van der Waals surface area contributed by atoms with Crippen molar-refractivity contribution < 1.29 is 19.0 Å². The molecule has 0 saturated carbocycles. The predicted molar refractivity (Wildman–Crippen MR) is 92.4 cm³/mol. The summed E-state index contributed by atoms with van der Waals surface area (Å²) in [6.07, 6.45) is -0.779. The van der Waals surface area contributed by atoms with Gasteiger partial charge in [-0.3, -0.25) is 0 Å². The van der Waals surface area contributed by atoms with E-state index in [0.717, 1.165) is 15.6 Å². The van der Waals surface area contributed by atoms with Crippen molar-refractivity contribution in [1.82, 2.24) is 0 Å². The van der Waals surface area contributed by atoms with Crippen LogP contribution in [0.15, 0.2) is 34.8 Å². The molecule has 0 unspecified atom stereocenters. The first-order chi connectivity index (χ1) is 10.9. The van der Waals surface area contributed by atoms with Crippen molar-refractivity contribution >= 4 is 33.7 Å². The van der Waals surface area contributed by atoms with E-state index in [0.29, 0.717) is 22.1 Å². The van der Waals surface area contributed by atoms with Crippen LogP contribution in [0.2, 0.25) is 5.02 Å². The van der Waals surface area contributed by atoms with Crippen LogP contribution in [0, 0.1) is 13.8 Å². The molecule has 0 aromatic heterocycles. The predicted octanol–water partition coefficient (Wildman–Crippen LogP) is 5.44. The molecule has 0 radical (unpaired) electrons. The van der Waals surface area contributed by atoms with E-state index >= 15 is 0 Å². The summed E-state index contributed by atoms with van der Waals surface area (Å²) in [5.74, 6) is 1.06. The van der Waals surface area contributed by atoms with Crippen LogP contribution in [-0.2, 0) is 11.3 Å². The maximum Gasteiger partial charge on any atom is 0.513 e. The minimum atomic E-state index is -0.779. The van der Waals surface area contributed by atoms with Gasteiger partial charge in [0.15, 0.2) is 0 Å². The molecule has 0 heterocycles. The number of benzene rings is 2. The fraction of sp³-hybridized carbons (Fsp3) is 0.235. The Hall–Kier alpha value is -1.72. The third-order valence-corrected chi connectivity index (χ3v) is 4.41. The summed E-state index contributed by atoms with van der Waals surface area (Å²) in [6.45, 7) is 4.10. The average molecular weight is 400 g/mol. The molecule has 122 valence electrons. The van der Waals surface area contributed by atoms with Gasteiger partial charge in [0, 0.05) is 15.1 Å². The van der Waals surface area contributed by atoms with Gasteiger partial charge in [0.2, 0.25) is 0 Å². The molecule has 0 bridgehead atoms. The van der Waals surface area contributed by atoms with Gasteiger partial charge in [-0.25, -0.2) is 4.79 Å². The summed E-state index contributed by atoms with van der Waals surface area (Å²) in [5, 5.41) is 0.642. The number of rotatable bonds is 4. The number of methoxy groups -OCH3 is 1. The van der Waals surface area contributed by atoms with Gasteiger partial charge in [0.05, 0.1) is 7.11 Å². The Morgan fingerprint density at radius 3 is 2.61 bits per heavy atom. The van der Waals surface area contributed by atoms with Crippen molar-refractivity contribution in [3.05, 3.63) is 56.5 Å². The molecule has 0 amide bonds. The number of ether oxygens (including phenoxy) is 3. The first kappa shape index (κ1) is 17.6. The van der Waals surface area contributed by atoms with Gasteiger partial charge in [-0.15, -0.1) is 0 Å². The molecule has 0 aliphatic carbocycles. The highest BCUT2D eigenvalue weighted by atomic mass is 79.9. The van der Waals surface area contributed by atoms with Crippen molar-refractivity contribution in [2.75, 3.05) is 7.11 Å². The van der Waals surface area contributed by atoms with E-state index in [1.165, 1.54) is 7.11 Å². The molecule has 4 nitrogen and oxygen atoms in total. The van der Waals surface area contributed by atoms with Crippen LogP contribution in [0.4, 0.5) is 4.79 Å². The number of halogens is 2. The zero-order valence-corrected chi connectivity index (χ0v) is 15.3. The normalized spacial score (nSPS) is 10.3. The molecule has 0 spiro atoms. The quantitative estimate of drug-likeness (QED) is 0.507. The van der Waals surface area contributed by atoms with Crippen LogP contribution in [-0.4, -0.2) is 13.3 Å². The second kappa shape index (κ2) is 7.70. The summed E-state index contributed by atoms with van der Waals surface area (Å²) < 4.78 is 16.3. The number of hydrogen-bond acceptors (Lipinski definition) is 4. The van der Waals surface area contributed by atoms with Crippen LogP contribution in [0.25, 0.3) is 0 Å². The molecule has 6 heteroatoms. The van der Waals surface area contributed by atoms with Gasteiger partial charge in [0.1, 0.15) is 18.1 Å². The zero-order chi connectivity index (χ0) is 17.0. The molecule has 2 rings (SSSR count). The van der Waals surface area contributed by atoms with Crippen LogP contribution in [0.1, 0.15) is 16.7 Å². The summed E-state index contributed by atoms with van der Waals surface area (Å²) in [6, 6.07) is 9.03. The van der Waals surface area contributed by atoms with E-state index < -0.39 is 6.16 Å². The number of carbonyl (C=O) groups is 1. The number of aryl methyl sites for hydroxylation is 2. The van der Waals surface area contributed by atoms with E-state index in [9.17, 15) is 4.79 Å². The Morgan fingerprint density at radius 1 is 1.17 bits per heavy atom. The SMILES string of the molecule is COC(=O)Oc1cccc(Br)c1COc1cc(Cl)c(C)cc1C. The van der Waals surface area contributed by atoms with E-state index in [1.54, 1.807) is 18.2 Å². The lowest BCUT2D eigenvalue weighted by atomic mass is 10.1. The second-order valence-corrected chi connectivity index (χ2v) is 6.19. The third kappa shape index (κ3) is 4.39. The Bertz CT molecular complexity index is 731. The fourth-order valence-corrected chi connectivity index (χ4v) is 2.64. The number of carbonyl (C=O) groups excluding carboxylic acids is 1. The topological polar surface area (TPSA) is 44.8 Å². The number of hydrogen-bond donors (Lipinski definition) is 0. The minimum Gasteiger partial charge on any atom is -0.488 e. The Labute approximate surface area is 148 Å². The smallest absolute Gasteiger partial charge is 0.488 e. The van der Waals surface area contributed by atoms with Crippen LogP contribution >= 0.6 is 27.5 Å². The van der Waals surface area contributed by atoms with Crippen molar-refractivity contribution in [2.24, 2.45) is 0 Å². The van der Waals surface area contributed by atoms with Crippen molar-refractivity contribution in [3.63, 3.8) is 0 Å². The lowest BCUT2D eigenvalue weighted by molar-refractivity contribution is 0.120. The molecular weight excluding hydrogens is 384 g/mol. The van der Waals surface area contributed by atoms with E-state index in [2.05, 4.69) is 20.7 Å². The van der Waals surface area contributed by atoms with Gasteiger partial charge < -0.3 is 14.2 Å². The highest BCUT2D eigenvalue weighted by Crippen LogP contribution is 2.31. The highest BCUT2D eigenvalue weighted by Gasteiger charge is 2.14. The minimum absolute atomic E-state index is 0.216. The summed E-state index contributed by atoms with van der Waals surface area (Å²) in [5.41, 5.74) is 2.68. The second-order valence-electron chi connectivity index (χ2n) is 4.93. The molecule has 0 N–H and O–H groups in total. The van der Waals surface area contributed by atoms with Crippen molar-refractivity contribution in [3.8, 4) is 11.5 Å². The Kier molecular flexibility index (Phi) is 5.91. The molecule has 0 aliphatic rings. The molecular formula is C17H16BrClO4. The van der Waals surface area contributed by atoms with Crippen molar-refractivity contribution in [1.29, 1.82) is 0 Å². The molecule has 23 heavy (non-hydrogen) atoms. The summed E-state index contributed by atoms with van der Waals surface area (Å²) in [7, 11) is 1.26. The Balaban J connectivity index is 2.23. The Morgan fingerprint density at radius 2 is 1.91 bits per heavy atom. The fourth-order valence-electron chi connectivity index (χ4n) is 2.02. The lowest BCUT2D eigenvalue weighted by Crippen LogP contribution is -2.10. The molecule has 0 saturated heterocycles. The molecule has 2 aromatic carbocycles. The van der Waals surface area contributed by atoms with Crippen LogP contribution in [0.5, 0.6) is 11.5 Å². The van der Waals surface area contributed by atoms with E-state index in [1.807, 2.05) is 26.0 Å². The molecule has 0 aliphatic heterocycles. The summed E-state index contributed by atoms with van der Waals surface area (Å²) >= 11 is 9.58. The maximum absolute atomic E-state index is 11.3. The van der Waals surface area contributed by atoms with Gasteiger partial charge >= 0.3 is 6.16 Å². The van der Waals surface area contributed by atoms with E-state index in [-0.39, 0.29) is 6.61 Å². The summed E-state index contributed by atoms with van der Waals surface area (Å²) in [4.78, 5) is 11.3. The monoisotopic (exact) mass is 398 g/mol. The van der Waals surface area contributed by atoms with Gasteiger partial charge in [-0.05, 0) is 43.2 Å². The van der Waals surface area contributed by atoms with Gasteiger partial charge in [-0.1, -0.05) is 39.7 Å². The first-order valence-corrected chi connectivity index (χ1v) is 8.02. The molecule has 2 aromatic rings. The van der Waals surface area contributed by atoms with Crippen LogP contribution < -0.4 is 9.47 Å². The zero-order valence-electron chi connectivity index (χ0n) is 13.0. The highest BCUT2D eigenvalue weighted by molar-refractivity contribution is 9.10. The third-order valence-electron chi connectivity index (χ3n) is 3.26. The maximum atomic E-state index is 11.3. The standard InChI is InChI=1S/C17H16BrClO4/c1-10-7-11(2)16(8-14(10)19)22-9-12-13(18)5-4-6-15(12)23-17(20)21-3/h4-8H,9H2,1-3H3.